The summed E-state index contributed by atoms with van der Waals surface area (Å²) in [6.45, 7) is 2.81. The number of carbonyl (C=O) groups excluding carboxylic acids is 1. The molecule has 2 N–H and O–H groups in total. The average molecular weight is 376 g/mol. The summed E-state index contributed by atoms with van der Waals surface area (Å²) in [5.41, 5.74) is 4.41. The third-order valence-corrected chi connectivity index (χ3v) is 5.84. The van der Waals surface area contributed by atoms with Crippen LogP contribution in [0.2, 0.25) is 0 Å². The topological polar surface area (TPSA) is 73.4 Å². The molecular weight excluding hydrogens is 352 g/mol. The van der Waals surface area contributed by atoms with Crippen LogP contribution in [0.3, 0.4) is 0 Å². The maximum Gasteiger partial charge on any atom is 0.308 e. The number of hydrogen-bond donors (Lipinski definition) is 2. The van der Waals surface area contributed by atoms with E-state index in [9.17, 15) is 14.7 Å². The highest BCUT2D eigenvalue weighted by Crippen LogP contribution is 2.33. The maximum absolute atomic E-state index is 12.8. The van der Waals surface area contributed by atoms with Gasteiger partial charge in [0.2, 0.25) is 5.91 Å². The lowest BCUT2D eigenvalue weighted by Crippen LogP contribution is -2.30. The Morgan fingerprint density at radius 3 is 2.64 bits per heavy atom. The van der Waals surface area contributed by atoms with E-state index in [1.54, 1.807) is 4.90 Å². The number of nitrogens with zero attached hydrogens (tertiary/aromatic N) is 1. The molecule has 2 heterocycles. The first kappa shape index (κ1) is 18.3. The van der Waals surface area contributed by atoms with Crippen LogP contribution in [0, 0.1) is 12.8 Å². The second kappa shape index (κ2) is 7.50. The molecule has 2 unspecified atom stereocenters. The molecule has 1 aromatic heterocycles. The van der Waals surface area contributed by atoms with E-state index in [1.807, 2.05) is 42.6 Å². The molecule has 0 aliphatic carbocycles. The molecule has 1 fully saturated rings. The number of para-hydroxylation sites is 1. The van der Waals surface area contributed by atoms with E-state index in [2.05, 4.69) is 24.0 Å². The zero-order valence-electron chi connectivity index (χ0n) is 15.9. The molecule has 4 rings (SSSR count). The normalized spacial score (nSPS) is 19.2. The smallest absolute Gasteiger partial charge is 0.308 e. The van der Waals surface area contributed by atoms with Crippen molar-refractivity contribution < 1.29 is 14.7 Å². The van der Waals surface area contributed by atoms with Gasteiger partial charge in [0.1, 0.15) is 0 Å². The second-order valence-corrected chi connectivity index (χ2v) is 7.57. The predicted octanol–water partition coefficient (Wildman–Crippen LogP) is 3.74. The molecule has 2 aromatic carbocycles. The van der Waals surface area contributed by atoms with Crippen LogP contribution in [0.15, 0.2) is 54.7 Å². The van der Waals surface area contributed by atoms with Crippen molar-refractivity contribution in [3.05, 3.63) is 71.4 Å². The number of carboxylic acids is 1. The highest BCUT2D eigenvalue weighted by atomic mass is 16.4. The fourth-order valence-electron chi connectivity index (χ4n) is 4.27. The number of nitrogens with one attached hydrogen (secondary N) is 1. The SMILES string of the molecule is Cc1cccc2c(CCC(=O)N3CC(C(=O)O)C(c4ccccc4)C3)c[nH]c12. The Morgan fingerprint density at radius 1 is 1.11 bits per heavy atom. The second-order valence-electron chi connectivity index (χ2n) is 7.57. The van der Waals surface area contributed by atoms with E-state index < -0.39 is 11.9 Å². The molecule has 0 radical (unpaired) electrons. The van der Waals surface area contributed by atoms with E-state index in [4.69, 9.17) is 0 Å². The fraction of sp³-hybridized carbons (Fsp3) is 0.304. The molecular formula is C23H24N2O3. The van der Waals surface area contributed by atoms with Crippen LogP contribution in [0.4, 0.5) is 0 Å². The predicted molar refractivity (Wildman–Crippen MR) is 108 cm³/mol. The van der Waals surface area contributed by atoms with E-state index in [1.165, 1.54) is 5.56 Å². The number of aromatic amines is 1. The lowest BCUT2D eigenvalue weighted by molar-refractivity contribution is -0.141. The van der Waals surface area contributed by atoms with Crippen molar-refractivity contribution in [2.24, 2.45) is 5.92 Å². The quantitative estimate of drug-likeness (QED) is 0.712. The number of benzene rings is 2. The van der Waals surface area contributed by atoms with Gasteiger partial charge in [0, 0.05) is 42.5 Å². The van der Waals surface area contributed by atoms with Gasteiger partial charge in [-0.1, -0.05) is 48.5 Å². The Labute approximate surface area is 164 Å². The summed E-state index contributed by atoms with van der Waals surface area (Å²) in [7, 11) is 0. The molecule has 1 saturated heterocycles. The minimum absolute atomic E-state index is 0.0201. The largest absolute Gasteiger partial charge is 0.481 e. The van der Waals surface area contributed by atoms with Gasteiger partial charge in [-0.25, -0.2) is 0 Å². The molecule has 5 heteroatoms. The number of amides is 1. The Hall–Kier alpha value is -3.08. The third-order valence-electron chi connectivity index (χ3n) is 5.84. The number of carboxylic acid groups (broad SMARTS) is 1. The number of aryl methyl sites for hydroxylation is 2. The zero-order chi connectivity index (χ0) is 19.7. The van der Waals surface area contributed by atoms with Crippen LogP contribution in [-0.4, -0.2) is 40.0 Å². The molecule has 1 aliphatic heterocycles. The van der Waals surface area contributed by atoms with Crippen LogP contribution in [0.1, 0.15) is 29.0 Å². The molecule has 28 heavy (non-hydrogen) atoms. The van der Waals surface area contributed by atoms with Gasteiger partial charge >= 0.3 is 5.97 Å². The van der Waals surface area contributed by atoms with Gasteiger partial charge in [0.05, 0.1) is 5.92 Å². The fourth-order valence-corrected chi connectivity index (χ4v) is 4.27. The van der Waals surface area contributed by atoms with Gasteiger partial charge in [-0.2, -0.15) is 0 Å². The first-order valence-electron chi connectivity index (χ1n) is 9.65. The van der Waals surface area contributed by atoms with Crippen LogP contribution < -0.4 is 0 Å². The summed E-state index contributed by atoms with van der Waals surface area (Å²) in [5, 5.41) is 10.8. The number of hydrogen-bond acceptors (Lipinski definition) is 2. The highest BCUT2D eigenvalue weighted by Gasteiger charge is 2.40. The summed E-state index contributed by atoms with van der Waals surface area (Å²) in [6.07, 6.45) is 3.00. The van der Waals surface area contributed by atoms with Gasteiger partial charge in [-0.15, -0.1) is 0 Å². The molecule has 1 aliphatic rings. The van der Waals surface area contributed by atoms with Crippen LogP contribution in [-0.2, 0) is 16.0 Å². The summed E-state index contributed by atoms with van der Waals surface area (Å²) >= 11 is 0. The number of likely N-dealkylation sites (tertiary alicyclic amines) is 1. The van der Waals surface area contributed by atoms with Gasteiger partial charge in [-0.3, -0.25) is 9.59 Å². The summed E-state index contributed by atoms with van der Waals surface area (Å²) in [5.74, 6) is -1.52. The Kier molecular flexibility index (Phi) is 4.90. The van der Waals surface area contributed by atoms with E-state index in [0.29, 0.717) is 19.4 Å². The van der Waals surface area contributed by atoms with Crippen molar-refractivity contribution in [2.45, 2.75) is 25.7 Å². The third kappa shape index (κ3) is 3.40. The molecule has 3 aromatic rings. The van der Waals surface area contributed by atoms with E-state index in [0.717, 1.165) is 22.0 Å². The molecule has 0 saturated carbocycles. The number of aliphatic carboxylic acids is 1. The van der Waals surface area contributed by atoms with Gasteiger partial charge < -0.3 is 15.0 Å². The molecule has 0 bridgehead atoms. The average Bonchev–Trinajstić information content (AvgIpc) is 3.32. The van der Waals surface area contributed by atoms with Crippen molar-refractivity contribution in [1.29, 1.82) is 0 Å². The maximum atomic E-state index is 12.8. The summed E-state index contributed by atoms with van der Waals surface area (Å²) in [4.78, 5) is 29.6. The Bertz CT molecular complexity index is 1010. The number of carbonyl (C=O) groups is 2. The van der Waals surface area contributed by atoms with Crippen molar-refractivity contribution in [1.82, 2.24) is 9.88 Å². The molecule has 5 nitrogen and oxygen atoms in total. The van der Waals surface area contributed by atoms with Gasteiger partial charge in [-0.05, 0) is 30.0 Å². The minimum Gasteiger partial charge on any atom is -0.481 e. The minimum atomic E-state index is -0.837. The zero-order valence-corrected chi connectivity index (χ0v) is 15.9. The van der Waals surface area contributed by atoms with Crippen LogP contribution in [0.5, 0.6) is 0 Å². The Morgan fingerprint density at radius 2 is 1.89 bits per heavy atom. The lowest BCUT2D eigenvalue weighted by Gasteiger charge is -2.16. The van der Waals surface area contributed by atoms with Crippen LogP contribution >= 0.6 is 0 Å². The number of H-pyrrole nitrogens is 1. The van der Waals surface area contributed by atoms with Crippen molar-refractivity contribution in [3.63, 3.8) is 0 Å². The summed E-state index contributed by atoms with van der Waals surface area (Å²) < 4.78 is 0. The van der Waals surface area contributed by atoms with E-state index in [-0.39, 0.29) is 18.4 Å². The summed E-state index contributed by atoms with van der Waals surface area (Å²) in [6, 6.07) is 15.8. The van der Waals surface area contributed by atoms with Crippen molar-refractivity contribution in [3.8, 4) is 0 Å². The number of aromatic nitrogens is 1. The first-order valence-corrected chi connectivity index (χ1v) is 9.65. The van der Waals surface area contributed by atoms with Crippen molar-refractivity contribution >= 4 is 22.8 Å². The monoisotopic (exact) mass is 376 g/mol. The van der Waals surface area contributed by atoms with E-state index >= 15 is 0 Å². The standard InChI is InChI=1S/C23H24N2O3/c1-15-6-5-9-18-17(12-24-22(15)18)10-11-21(26)25-13-19(20(14-25)23(27)28)16-7-3-2-4-8-16/h2-9,12,19-20,24H,10-11,13-14H2,1H3,(H,27,28). The lowest BCUT2D eigenvalue weighted by atomic mass is 9.89. The van der Waals surface area contributed by atoms with Gasteiger partial charge in [0.25, 0.3) is 0 Å². The van der Waals surface area contributed by atoms with Gasteiger partial charge in [0.15, 0.2) is 0 Å². The first-order chi connectivity index (χ1) is 13.5. The molecule has 144 valence electrons. The molecule has 2 atom stereocenters. The van der Waals surface area contributed by atoms with Crippen molar-refractivity contribution in [2.75, 3.05) is 13.1 Å². The number of fused-ring (bicyclic) bond motifs is 1. The highest BCUT2D eigenvalue weighted by molar-refractivity contribution is 5.87. The Balaban J connectivity index is 1.46. The van der Waals surface area contributed by atoms with Crippen LogP contribution in [0.25, 0.3) is 10.9 Å². The molecule has 1 amide bonds. The number of rotatable bonds is 5. The molecule has 0 spiro atoms.